The SMILES string of the molecule is CC(CC=O)C1=CCCC1. The van der Waals surface area contributed by atoms with Crippen LogP contribution in [0.5, 0.6) is 0 Å². The summed E-state index contributed by atoms with van der Waals surface area (Å²) >= 11 is 0. The molecule has 0 saturated carbocycles. The summed E-state index contributed by atoms with van der Waals surface area (Å²) in [5, 5.41) is 0. The Morgan fingerprint density at radius 2 is 2.60 bits per heavy atom. The predicted octanol–water partition coefficient (Wildman–Crippen LogP) is 2.32. The summed E-state index contributed by atoms with van der Waals surface area (Å²) in [7, 11) is 0. The van der Waals surface area contributed by atoms with E-state index in [-0.39, 0.29) is 0 Å². The monoisotopic (exact) mass is 138 g/mol. The first-order valence-electron chi connectivity index (χ1n) is 3.97. The van der Waals surface area contributed by atoms with Gasteiger partial charge in [0, 0.05) is 6.42 Å². The second kappa shape index (κ2) is 3.55. The zero-order chi connectivity index (χ0) is 7.40. The molecule has 1 aliphatic rings. The maximum absolute atomic E-state index is 10.1. The molecule has 0 aliphatic heterocycles. The Bertz CT molecular complexity index is 147. The molecular formula is C9H14O. The van der Waals surface area contributed by atoms with E-state index in [1.807, 2.05) is 0 Å². The number of carbonyl (C=O) groups is 1. The Labute approximate surface area is 62.1 Å². The Hall–Kier alpha value is -0.590. The van der Waals surface area contributed by atoms with Gasteiger partial charge in [-0.05, 0) is 25.2 Å². The molecule has 10 heavy (non-hydrogen) atoms. The van der Waals surface area contributed by atoms with Crippen LogP contribution in [0.2, 0.25) is 0 Å². The lowest BCUT2D eigenvalue weighted by atomic mass is 9.98. The van der Waals surface area contributed by atoms with Crippen molar-refractivity contribution in [2.75, 3.05) is 0 Å². The molecule has 0 N–H and O–H groups in total. The Kier molecular flexibility index (Phi) is 2.67. The molecule has 0 amide bonds. The molecule has 1 unspecified atom stereocenters. The number of allylic oxidation sites excluding steroid dienone is 2. The standard InChI is InChI=1S/C9H14O/c1-8(6-7-10)9-4-2-3-5-9/h4,7-8H,2-3,5-6H2,1H3. The van der Waals surface area contributed by atoms with Gasteiger partial charge in [0.15, 0.2) is 0 Å². The Balaban J connectivity index is 2.39. The molecule has 1 rings (SSSR count). The maximum atomic E-state index is 10.1. The van der Waals surface area contributed by atoms with E-state index >= 15 is 0 Å². The van der Waals surface area contributed by atoms with Crippen LogP contribution >= 0.6 is 0 Å². The molecule has 0 saturated heterocycles. The highest BCUT2D eigenvalue weighted by atomic mass is 16.1. The first-order chi connectivity index (χ1) is 4.84. The number of aldehydes is 1. The Morgan fingerprint density at radius 3 is 3.10 bits per heavy atom. The molecule has 0 aromatic rings. The van der Waals surface area contributed by atoms with Gasteiger partial charge in [-0.15, -0.1) is 0 Å². The summed E-state index contributed by atoms with van der Waals surface area (Å²) in [6.45, 7) is 2.13. The average molecular weight is 138 g/mol. The maximum Gasteiger partial charge on any atom is 0.120 e. The highest BCUT2D eigenvalue weighted by Crippen LogP contribution is 2.25. The molecule has 0 heterocycles. The fourth-order valence-corrected chi connectivity index (χ4v) is 1.44. The van der Waals surface area contributed by atoms with Crippen molar-refractivity contribution in [1.29, 1.82) is 0 Å². The summed E-state index contributed by atoms with van der Waals surface area (Å²) in [5.41, 5.74) is 1.49. The molecule has 0 bridgehead atoms. The number of carbonyl (C=O) groups excluding carboxylic acids is 1. The molecule has 0 spiro atoms. The number of hydrogen-bond donors (Lipinski definition) is 0. The van der Waals surface area contributed by atoms with Crippen LogP contribution in [0.15, 0.2) is 11.6 Å². The minimum absolute atomic E-state index is 0.500. The summed E-state index contributed by atoms with van der Waals surface area (Å²) in [4.78, 5) is 10.1. The van der Waals surface area contributed by atoms with Gasteiger partial charge in [0.25, 0.3) is 0 Å². The van der Waals surface area contributed by atoms with Crippen molar-refractivity contribution in [3.63, 3.8) is 0 Å². The molecule has 1 aliphatic carbocycles. The lowest BCUT2D eigenvalue weighted by Gasteiger charge is -2.07. The van der Waals surface area contributed by atoms with Gasteiger partial charge in [0.2, 0.25) is 0 Å². The van der Waals surface area contributed by atoms with E-state index in [9.17, 15) is 4.79 Å². The summed E-state index contributed by atoms with van der Waals surface area (Å²) < 4.78 is 0. The molecule has 1 atom stereocenters. The van der Waals surface area contributed by atoms with Crippen molar-refractivity contribution in [2.45, 2.75) is 32.6 Å². The van der Waals surface area contributed by atoms with E-state index in [0.717, 1.165) is 6.29 Å². The van der Waals surface area contributed by atoms with Gasteiger partial charge in [0.1, 0.15) is 6.29 Å². The molecule has 0 aromatic carbocycles. The zero-order valence-electron chi connectivity index (χ0n) is 6.47. The lowest BCUT2D eigenvalue weighted by Crippen LogP contribution is -1.97. The van der Waals surface area contributed by atoms with E-state index in [4.69, 9.17) is 0 Å². The van der Waals surface area contributed by atoms with Crippen molar-refractivity contribution in [3.8, 4) is 0 Å². The minimum atomic E-state index is 0.500. The molecule has 1 nitrogen and oxygen atoms in total. The predicted molar refractivity (Wildman–Crippen MR) is 41.8 cm³/mol. The van der Waals surface area contributed by atoms with E-state index in [1.54, 1.807) is 0 Å². The highest BCUT2D eigenvalue weighted by Gasteiger charge is 2.10. The van der Waals surface area contributed by atoms with Gasteiger partial charge in [-0.25, -0.2) is 0 Å². The number of rotatable bonds is 3. The van der Waals surface area contributed by atoms with Gasteiger partial charge in [-0.1, -0.05) is 18.6 Å². The van der Waals surface area contributed by atoms with Crippen LogP contribution in [0, 0.1) is 5.92 Å². The van der Waals surface area contributed by atoms with Gasteiger partial charge in [-0.3, -0.25) is 0 Å². The largest absolute Gasteiger partial charge is 0.303 e. The van der Waals surface area contributed by atoms with E-state index in [1.165, 1.54) is 24.8 Å². The van der Waals surface area contributed by atoms with Crippen molar-refractivity contribution in [2.24, 2.45) is 5.92 Å². The third-order valence-electron chi connectivity index (χ3n) is 2.16. The Morgan fingerprint density at radius 1 is 1.80 bits per heavy atom. The van der Waals surface area contributed by atoms with Crippen LogP contribution in [-0.4, -0.2) is 6.29 Å². The van der Waals surface area contributed by atoms with E-state index in [0.29, 0.717) is 12.3 Å². The van der Waals surface area contributed by atoms with Crippen LogP contribution in [0.4, 0.5) is 0 Å². The van der Waals surface area contributed by atoms with Gasteiger partial charge in [-0.2, -0.15) is 0 Å². The van der Waals surface area contributed by atoms with Gasteiger partial charge in [0.05, 0.1) is 0 Å². The van der Waals surface area contributed by atoms with Crippen molar-refractivity contribution in [1.82, 2.24) is 0 Å². The summed E-state index contributed by atoms with van der Waals surface area (Å²) in [6, 6.07) is 0. The van der Waals surface area contributed by atoms with Crippen LogP contribution in [0.25, 0.3) is 0 Å². The molecule has 0 radical (unpaired) electrons. The van der Waals surface area contributed by atoms with E-state index < -0.39 is 0 Å². The van der Waals surface area contributed by atoms with Crippen LogP contribution in [-0.2, 0) is 4.79 Å². The minimum Gasteiger partial charge on any atom is -0.303 e. The van der Waals surface area contributed by atoms with Gasteiger partial charge < -0.3 is 4.79 Å². The second-order valence-electron chi connectivity index (χ2n) is 2.97. The smallest absolute Gasteiger partial charge is 0.120 e. The third-order valence-corrected chi connectivity index (χ3v) is 2.16. The fourth-order valence-electron chi connectivity index (χ4n) is 1.44. The third kappa shape index (κ3) is 1.69. The number of hydrogen-bond acceptors (Lipinski definition) is 1. The molecular weight excluding hydrogens is 124 g/mol. The first-order valence-corrected chi connectivity index (χ1v) is 3.97. The lowest BCUT2D eigenvalue weighted by molar-refractivity contribution is -0.108. The van der Waals surface area contributed by atoms with Crippen LogP contribution < -0.4 is 0 Å². The summed E-state index contributed by atoms with van der Waals surface area (Å²) in [5.74, 6) is 0.500. The zero-order valence-corrected chi connectivity index (χ0v) is 6.47. The second-order valence-corrected chi connectivity index (χ2v) is 2.97. The molecule has 0 aromatic heterocycles. The van der Waals surface area contributed by atoms with E-state index in [2.05, 4.69) is 13.0 Å². The highest BCUT2D eigenvalue weighted by molar-refractivity contribution is 5.50. The van der Waals surface area contributed by atoms with Gasteiger partial charge >= 0.3 is 0 Å². The quantitative estimate of drug-likeness (QED) is 0.432. The van der Waals surface area contributed by atoms with Crippen molar-refractivity contribution in [3.05, 3.63) is 11.6 Å². The fraction of sp³-hybridized carbons (Fsp3) is 0.667. The van der Waals surface area contributed by atoms with Crippen molar-refractivity contribution >= 4 is 6.29 Å². The first kappa shape index (κ1) is 7.52. The topological polar surface area (TPSA) is 17.1 Å². The van der Waals surface area contributed by atoms with Crippen LogP contribution in [0.1, 0.15) is 32.6 Å². The normalized spacial score (nSPS) is 20.3. The molecule has 1 heteroatoms. The van der Waals surface area contributed by atoms with Crippen molar-refractivity contribution < 1.29 is 4.79 Å². The molecule has 56 valence electrons. The van der Waals surface area contributed by atoms with Crippen LogP contribution in [0.3, 0.4) is 0 Å². The molecule has 0 fully saturated rings. The average Bonchev–Trinajstić information content (AvgIpc) is 2.38. The summed E-state index contributed by atoms with van der Waals surface area (Å²) in [6.07, 6.45) is 7.73.